The van der Waals surface area contributed by atoms with E-state index < -0.39 is 9.84 Å². The van der Waals surface area contributed by atoms with Crippen LogP contribution in [-0.4, -0.2) is 43.4 Å². The number of likely N-dealkylation sites (N-methyl/N-ethyl adjacent to an activating group) is 1. The summed E-state index contributed by atoms with van der Waals surface area (Å²) in [6, 6.07) is 10.6. The Balaban J connectivity index is 1.64. The monoisotopic (exact) mass is 489 g/mol. The normalized spacial score (nSPS) is 14.2. The summed E-state index contributed by atoms with van der Waals surface area (Å²) in [5.41, 5.74) is 4.58. The molecule has 31 heavy (non-hydrogen) atoms. The first-order chi connectivity index (χ1) is 14.9. The molecule has 0 radical (unpaired) electrons. The molecule has 0 bridgehead atoms. The van der Waals surface area contributed by atoms with E-state index in [0.717, 1.165) is 41.9 Å². The molecule has 4 rings (SSSR count). The van der Waals surface area contributed by atoms with Gasteiger partial charge in [0.15, 0.2) is 9.84 Å². The maximum Gasteiger partial charge on any atom is 0.179 e. The van der Waals surface area contributed by atoms with Crippen LogP contribution >= 0.6 is 34.7 Å². The van der Waals surface area contributed by atoms with Gasteiger partial charge in [0.25, 0.3) is 0 Å². The number of halogens is 1. The molecule has 2 aromatic heterocycles. The minimum Gasteiger partial charge on any atom is -0.302 e. The summed E-state index contributed by atoms with van der Waals surface area (Å²) in [6.07, 6.45) is 0.811. The first-order valence-corrected chi connectivity index (χ1v) is 13.6. The Hall–Kier alpha value is -1.89. The number of hydrogen-bond donors (Lipinski definition) is 0. The summed E-state index contributed by atoms with van der Waals surface area (Å²) in [6.45, 7) is 1.65. The van der Waals surface area contributed by atoms with E-state index in [9.17, 15) is 13.7 Å². The molecule has 5 nitrogen and oxygen atoms in total. The fourth-order valence-corrected chi connectivity index (χ4v) is 7.04. The first-order valence-electron chi connectivity index (χ1n) is 9.67. The summed E-state index contributed by atoms with van der Waals surface area (Å²) in [7, 11) is -1.37. The third-order valence-electron chi connectivity index (χ3n) is 5.19. The van der Waals surface area contributed by atoms with Crippen molar-refractivity contribution in [3.63, 3.8) is 0 Å². The van der Waals surface area contributed by atoms with E-state index >= 15 is 0 Å². The van der Waals surface area contributed by atoms with Crippen molar-refractivity contribution in [3.8, 4) is 17.2 Å². The van der Waals surface area contributed by atoms with Crippen LogP contribution in [0.1, 0.15) is 16.8 Å². The number of hydrogen-bond acceptors (Lipinski definition) is 7. The lowest BCUT2D eigenvalue weighted by Crippen LogP contribution is -2.28. The lowest BCUT2D eigenvalue weighted by molar-refractivity contribution is 0.309. The summed E-state index contributed by atoms with van der Waals surface area (Å²) >= 11 is 8.79. The van der Waals surface area contributed by atoms with E-state index in [1.807, 2.05) is 16.8 Å². The lowest BCUT2D eigenvalue weighted by atomic mass is 9.93. The number of nitrogens with zero attached hydrogens (tertiary/aromatic N) is 3. The van der Waals surface area contributed by atoms with Gasteiger partial charge in [0.1, 0.15) is 11.1 Å². The van der Waals surface area contributed by atoms with Gasteiger partial charge in [-0.15, -0.1) is 11.8 Å². The number of aromatic nitrogens is 1. The highest BCUT2D eigenvalue weighted by Gasteiger charge is 2.25. The number of sulfone groups is 1. The largest absolute Gasteiger partial charge is 0.302 e. The second kappa shape index (κ2) is 9.31. The molecule has 160 valence electrons. The molecular weight excluding hydrogens is 470 g/mol. The molecule has 0 aliphatic carbocycles. The minimum atomic E-state index is -3.44. The topological polar surface area (TPSA) is 74.1 Å². The zero-order chi connectivity index (χ0) is 22.0. The molecule has 3 aromatic rings. The molecule has 0 N–H and O–H groups in total. The molecule has 0 atom stereocenters. The van der Waals surface area contributed by atoms with Crippen LogP contribution in [0.3, 0.4) is 0 Å². The SMILES string of the molecule is CN1CCc2nc(SCCS(=O)(=O)c3ccc(Cl)cc3)c(C#N)c(-c3ccsc3)c2C1. The van der Waals surface area contributed by atoms with E-state index in [1.54, 1.807) is 23.5 Å². The van der Waals surface area contributed by atoms with Gasteiger partial charge < -0.3 is 4.90 Å². The van der Waals surface area contributed by atoms with Crippen LogP contribution in [-0.2, 0) is 22.8 Å². The van der Waals surface area contributed by atoms with Gasteiger partial charge in [-0.05, 0) is 59.3 Å². The van der Waals surface area contributed by atoms with Crippen molar-refractivity contribution < 1.29 is 8.42 Å². The standard InChI is InChI=1S/C22H20ClN3O2S3/c1-26-8-6-20-19(13-26)21(15-7-9-29-14-15)18(12-24)22(25-20)30-10-11-31(27,28)17-4-2-16(23)3-5-17/h2-5,7,9,14H,6,8,10-11,13H2,1H3. The Labute approximate surface area is 195 Å². The molecule has 1 aliphatic rings. The molecule has 0 amide bonds. The van der Waals surface area contributed by atoms with Crippen molar-refractivity contribution in [2.75, 3.05) is 25.1 Å². The van der Waals surface area contributed by atoms with Gasteiger partial charge in [0.05, 0.1) is 16.2 Å². The summed E-state index contributed by atoms with van der Waals surface area (Å²) < 4.78 is 25.3. The number of pyridine rings is 1. The van der Waals surface area contributed by atoms with Crippen molar-refractivity contribution in [2.45, 2.75) is 22.9 Å². The van der Waals surface area contributed by atoms with Gasteiger partial charge in [-0.25, -0.2) is 13.4 Å². The van der Waals surface area contributed by atoms with Crippen molar-refractivity contribution in [1.82, 2.24) is 9.88 Å². The molecular formula is C22H20ClN3O2S3. The number of fused-ring (bicyclic) bond motifs is 1. The molecule has 1 aliphatic heterocycles. The van der Waals surface area contributed by atoms with Crippen LogP contribution in [0, 0.1) is 11.3 Å². The quantitative estimate of drug-likeness (QED) is 0.459. The second-order valence-corrected chi connectivity index (χ2v) is 11.7. The van der Waals surface area contributed by atoms with Gasteiger partial charge in [-0.2, -0.15) is 16.6 Å². The molecule has 0 fully saturated rings. The van der Waals surface area contributed by atoms with Crippen LogP contribution in [0.4, 0.5) is 0 Å². The van der Waals surface area contributed by atoms with Crippen molar-refractivity contribution in [1.29, 1.82) is 5.26 Å². The number of thioether (sulfide) groups is 1. The molecule has 0 saturated carbocycles. The number of thiophene rings is 1. The Morgan fingerprint density at radius 3 is 2.74 bits per heavy atom. The Morgan fingerprint density at radius 1 is 1.29 bits per heavy atom. The number of rotatable bonds is 6. The minimum absolute atomic E-state index is 0.0422. The zero-order valence-electron chi connectivity index (χ0n) is 16.8. The average Bonchev–Trinajstić information content (AvgIpc) is 3.27. The van der Waals surface area contributed by atoms with Gasteiger partial charge in [0, 0.05) is 41.5 Å². The third-order valence-corrected chi connectivity index (χ3v) is 9.10. The molecule has 0 saturated heterocycles. The van der Waals surface area contributed by atoms with Gasteiger partial charge in [-0.3, -0.25) is 0 Å². The predicted octanol–water partition coefficient (Wildman–Crippen LogP) is 4.89. The lowest BCUT2D eigenvalue weighted by Gasteiger charge is -2.27. The van der Waals surface area contributed by atoms with Crippen molar-refractivity contribution in [3.05, 3.63) is 62.9 Å². The number of benzene rings is 1. The fourth-order valence-electron chi connectivity index (χ4n) is 3.61. The van der Waals surface area contributed by atoms with Crippen LogP contribution < -0.4 is 0 Å². The van der Waals surface area contributed by atoms with E-state index in [1.165, 1.54) is 23.9 Å². The van der Waals surface area contributed by atoms with Gasteiger partial charge in [0.2, 0.25) is 0 Å². The predicted molar refractivity (Wildman–Crippen MR) is 127 cm³/mol. The van der Waals surface area contributed by atoms with E-state index in [4.69, 9.17) is 16.6 Å². The van der Waals surface area contributed by atoms with E-state index in [2.05, 4.69) is 18.0 Å². The molecule has 9 heteroatoms. The van der Waals surface area contributed by atoms with Crippen LogP contribution in [0.25, 0.3) is 11.1 Å². The molecule has 3 heterocycles. The smallest absolute Gasteiger partial charge is 0.179 e. The summed E-state index contributed by atoms with van der Waals surface area (Å²) in [4.78, 5) is 7.28. The van der Waals surface area contributed by atoms with Crippen LogP contribution in [0.5, 0.6) is 0 Å². The Kier molecular flexibility index (Phi) is 6.70. The maximum atomic E-state index is 12.7. The van der Waals surface area contributed by atoms with E-state index in [-0.39, 0.29) is 10.6 Å². The Morgan fingerprint density at radius 2 is 2.06 bits per heavy atom. The first kappa shape index (κ1) is 22.3. The second-order valence-electron chi connectivity index (χ2n) is 7.33. The molecule has 0 spiro atoms. The summed E-state index contributed by atoms with van der Waals surface area (Å²) in [5, 5.41) is 15.1. The fraction of sp³-hybridized carbons (Fsp3) is 0.273. The number of nitriles is 1. The highest BCUT2D eigenvalue weighted by atomic mass is 35.5. The van der Waals surface area contributed by atoms with E-state index in [0.29, 0.717) is 21.4 Å². The van der Waals surface area contributed by atoms with Crippen LogP contribution in [0.2, 0.25) is 5.02 Å². The average molecular weight is 490 g/mol. The van der Waals surface area contributed by atoms with Gasteiger partial charge >= 0.3 is 0 Å². The Bertz CT molecular complexity index is 1230. The third kappa shape index (κ3) is 4.81. The zero-order valence-corrected chi connectivity index (χ0v) is 20.0. The molecule has 1 aromatic carbocycles. The highest BCUT2D eigenvalue weighted by molar-refractivity contribution is 8.00. The molecule has 0 unspecified atom stereocenters. The highest BCUT2D eigenvalue weighted by Crippen LogP contribution is 2.38. The maximum absolute atomic E-state index is 12.7. The summed E-state index contributed by atoms with van der Waals surface area (Å²) in [5.74, 6) is 0.272. The van der Waals surface area contributed by atoms with Crippen LogP contribution in [0.15, 0.2) is 51.0 Å². The van der Waals surface area contributed by atoms with Gasteiger partial charge in [-0.1, -0.05) is 11.6 Å². The van der Waals surface area contributed by atoms with Crippen molar-refractivity contribution in [2.24, 2.45) is 0 Å². The van der Waals surface area contributed by atoms with Crippen molar-refractivity contribution >= 4 is 44.5 Å².